The number of hydrogen-bond donors (Lipinski definition) is 1. The molecular formula is C5H8N2+. The van der Waals surface area contributed by atoms with Crippen molar-refractivity contribution in [2.45, 2.75) is 13.8 Å². The van der Waals surface area contributed by atoms with E-state index in [1.165, 1.54) is 0 Å². The molecule has 2 nitrogen and oxygen atoms in total. The Hall–Kier alpha value is -0.790. The summed E-state index contributed by atoms with van der Waals surface area (Å²) in [6.07, 6.45) is 2.00. The third kappa shape index (κ3) is 0.796. The third-order valence-electron chi connectivity index (χ3n) is 0.834. The first kappa shape index (κ1) is 4.37. The summed E-state index contributed by atoms with van der Waals surface area (Å²) in [5, 5.41) is 3.89. The van der Waals surface area contributed by atoms with E-state index in [0.29, 0.717) is 0 Å². The maximum absolute atomic E-state index is 3.89. The van der Waals surface area contributed by atoms with Crippen molar-refractivity contribution in [2.24, 2.45) is 0 Å². The molecule has 1 aliphatic heterocycles. The van der Waals surface area contributed by atoms with Gasteiger partial charge in [-0.25, -0.2) is 0 Å². The summed E-state index contributed by atoms with van der Waals surface area (Å²) < 4.78 is 0. The molecule has 7 heavy (non-hydrogen) atoms. The predicted octanol–water partition coefficient (Wildman–Crippen LogP) is 0.205. The van der Waals surface area contributed by atoms with E-state index >= 15 is 0 Å². The Bertz CT molecular complexity index is 133. The summed E-state index contributed by atoms with van der Waals surface area (Å²) in [5.74, 6) is 0. The van der Waals surface area contributed by atoms with Gasteiger partial charge in [-0.05, 0) is 6.92 Å². The maximum atomic E-state index is 3.89. The number of hydrogen-bond acceptors (Lipinski definition) is 2. The summed E-state index contributed by atoms with van der Waals surface area (Å²) >= 11 is 0. The van der Waals surface area contributed by atoms with E-state index < -0.39 is 0 Å². The van der Waals surface area contributed by atoms with E-state index in [2.05, 4.69) is 10.5 Å². The van der Waals surface area contributed by atoms with Crippen molar-refractivity contribution in [2.75, 3.05) is 0 Å². The van der Waals surface area contributed by atoms with Gasteiger partial charge in [0.1, 0.15) is 0 Å². The molecule has 0 aromatic carbocycles. The zero-order valence-electron chi connectivity index (χ0n) is 4.52. The Morgan fingerprint density at radius 3 is 2.43 bits per heavy atom. The molecule has 0 saturated carbocycles. The number of rotatable bonds is 0. The minimum Gasteiger partial charge on any atom is -0.105 e. The van der Waals surface area contributed by atoms with Crippen molar-refractivity contribution in [1.82, 2.24) is 10.5 Å². The first-order valence-electron chi connectivity index (χ1n) is 2.27. The molecule has 0 aromatic heterocycles. The molecule has 37 valence electrons. The minimum atomic E-state index is 1.05. The van der Waals surface area contributed by atoms with E-state index in [-0.39, 0.29) is 0 Å². The molecule has 1 aliphatic rings. The molecule has 0 spiro atoms. The summed E-state index contributed by atoms with van der Waals surface area (Å²) in [5.41, 5.74) is 4.99. The second-order valence-electron chi connectivity index (χ2n) is 1.69. The molecule has 0 saturated heterocycles. The van der Waals surface area contributed by atoms with Gasteiger partial charge in [0.15, 0.2) is 5.10 Å². The molecule has 1 rings (SSSR count). The Labute approximate surface area is 42.9 Å². The van der Waals surface area contributed by atoms with Crippen LogP contribution in [0.1, 0.15) is 13.8 Å². The second kappa shape index (κ2) is 1.37. The molecular weight excluding hydrogens is 88.1 g/mol. The fraction of sp³-hybridized carbons (Fsp3) is 0.400. The van der Waals surface area contributed by atoms with Gasteiger partial charge in [-0.2, -0.15) is 0 Å². The quantitative estimate of drug-likeness (QED) is 0.458. The minimum absolute atomic E-state index is 1.05. The smallest absolute Gasteiger partial charge is 0.105 e. The summed E-state index contributed by atoms with van der Waals surface area (Å²) in [6, 6.07) is 0. The molecule has 0 aliphatic carbocycles. The van der Waals surface area contributed by atoms with Crippen molar-refractivity contribution in [3.8, 4) is 0 Å². The highest BCUT2D eigenvalue weighted by molar-refractivity contribution is 5.93. The van der Waals surface area contributed by atoms with Crippen LogP contribution >= 0.6 is 0 Å². The molecule has 0 bridgehead atoms. The average Bonchev–Trinajstić information content (AvgIpc) is 1.87. The number of hydrazone groups is 1. The van der Waals surface area contributed by atoms with Crippen LogP contribution in [0.5, 0.6) is 0 Å². The summed E-state index contributed by atoms with van der Waals surface area (Å²) in [6.45, 7) is 3.95. The van der Waals surface area contributed by atoms with Crippen LogP contribution < -0.4 is 10.5 Å². The fourth-order valence-electron chi connectivity index (χ4n) is 0.554. The zero-order chi connectivity index (χ0) is 5.28. The second-order valence-corrected chi connectivity index (χ2v) is 1.69. The van der Waals surface area contributed by atoms with Crippen molar-refractivity contribution in [3.05, 3.63) is 11.8 Å². The standard InChI is InChI=1S/C5H8N2/c1-4-3-5(2)7-6-4/h3,6H,1-2H3/q+1. The SMILES string of the molecule is CC1=CC(C)=[N+]N1. The van der Waals surface area contributed by atoms with Crippen molar-refractivity contribution < 1.29 is 0 Å². The number of nitrogens with zero attached hydrogens (tertiary/aromatic N) is 1. The third-order valence-corrected chi connectivity index (χ3v) is 0.834. The van der Waals surface area contributed by atoms with Crippen LogP contribution in [-0.2, 0) is 0 Å². The van der Waals surface area contributed by atoms with Crippen LogP contribution in [0, 0.1) is 0 Å². The van der Waals surface area contributed by atoms with Crippen LogP contribution in [0.3, 0.4) is 0 Å². The van der Waals surface area contributed by atoms with Crippen molar-refractivity contribution in [3.63, 3.8) is 0 Å². The molecule has 0 unspecified atom stereocenters. The highest BCUT2D eigenvalue weighted by Gasteiger charge is 2.09. The van der Waals surface area contributed by atoms with Crippen LogP contribution in [0.15, 0.2) is 11.8 Å². The van der Waals surface area contributed by atoms with E-state index in [1.807, 2.05) is 19.9 Å². The normalized spacial score (nSPS) is 18.0. The molecule has 2 heteroatoms. The average molecular weight is 96.1 g/mol. The molecule has 0 fully saturated rings. The highest BCUT2D eigenvalue weighted by Crippen LogP contribution is 1.88. The number of allylic oxidation sites excluding steroid dienone is 2. The van der Waals surface area contributed by atoms with Gasteiger partial charge in [-0.15, -0.1) is 5.43 Å². The zero-order valence-corrected chi connectivity index (χ0v) is 4.52. The van der Waals surface area contributed by atoms with Gasteiger partial charge < -0.3 is 0 Å². The molecule has 1 N–H and O–H groups in total. The van der Waals surface area contributed by atoms with E-state index in [1.54, 1.807) is 0 Å². The first-order valence-corrected chi connectivity index (χ1v) is 2.27. The van der Waals surface area contributed by atoms with Crippen LogP contribution in [0.25, 0.3) is 0 Å². The molecule has 1 radical (unpaired) electrons. The number of nitrogens with one attached hydrogen (secondary N) is 1. The molecule has 0 atom stereocenters. The first-order chi connectivity index (χ1) is 3.29. The van der Waals surface area contributed by atoms with Crippen LogP contribution in [0.2, 0.25) is 0 Å². The van der Waals surface area contributed by atoms with E-state index in [4.69, 9.17) is 0 Å². The summed E-state index contributed by atoms with van der Waals surface area (Å²) in [4.78, 5) is 0. The molecule has 0 aromatic rings. The van der Waals surface area contributed by atoms with Crippen LogP contribution in [0.4, 0.5) is 0 Å². The molecule has 0 amide bonds. The van der Waals surface area contributed by atoms with E-state index in [0.717, 1.165) is 11.4 Å². The van der Waals surface area contributed by atoms with Crippen LogP contribution in [-0.4, -0.2) is 5.71 Å². The predicted molar refractivity (Wildman–Crippen MR) is 29.7 cm³/mol. The largest absolute Gasteiger partial charge is 0.285 e. The Morgan fingerprint density at radius 1 is 1.57 bits per heavy atom. The Kier molecular flexibility index (Phi) is 0.855. The van der Waals surface area contributed by atoms with Gasteiger partial charge in [-0.1, -0.05) is 0 Å². The van der Waals surface area contributed by atoms with Crippen molar-refractivity contribution in [1.29, 1.82) is 0 Å². The maximum Gasteiger partial charge on any atom is 0.285 e. The van der Waals surface area contributed by atoms with E-state index in [9.17, 15) is 0 Å². The fourth-order valence-corrected chi connectivity index (χ4v) is 0.554. The Morgan fingerprint density at radius 2 is 2.29 bits per heavy atom. The van der Waals surface area contributed by atoms with Gasteiger partial charge in [0, 0.05) is 13.0 Å². The van der Waals surface area contributed by atoms with Gasteiger partial charge in [-0.3, -0.25) is 0 Å². The lowest BCUT2D eigenvalue weighted by molar-refractivity contribution is 0.826. The van der Waals surface area contributed by atoms with Gasteiger partial charge in [0.25, 0.3) is 5.71 Å². The lowest BCUT2D eigenvalue weighted by Gasteiger charge is -1.72. The lowest BCUT2D eigenvalue weighted by Crippen LogP contribution is -2.08. The Balaban J connectivity index is 2.69. The lowest BCUT2D eigenvalue weighted by atomic mass is 10.4. The van der Waals surface area contributed by atoms with Gasteiger partial charge in [0.05, 0.1) is 5.70 Å². The van der Waals surface area contributed by atoms with Gasteiger partial charge in [0.2, 0.25) is 0 Å². The molecule has 1 heterocycles. The van der Waals surface area contributed by atoms with Gasteiger partial charge >= 0.3 is 0 Å². The monoisotopic (exact) mass is 96.1 g/mol. The topological polar surface area (TPSA) is 26.1 Å². The van der Waals surface area contributed by atoms with Crippen molar-refractivity contribution >= 4 is 5.71 Å². The highest BCUT2D eigenvalue weighted by atomic mass is 15.3. The summed E-state index contributed by atoms with van der Waals surface area (Å²) in [7, 11) is 0.